The summed E-state index contributed by atoms with van der Waals surface area (Å²) in [6, 6.07) is 6.33. The summed E-state index contributed by atoms with van der Waals surface area (Å²) in [4.78, 5) is 16.2. The molecule has 2 heterocycles. The van der Waals surface area contributed by atoms with Gasteiger partial charge in [0.15, 0.2) is 0 Å². The summed E-state index contributed by atoms with van der Waals surface area (Å²) >= 11 is 3.71. The lowest BCUT2D eigenvalue weighted by atomic mass is 9.89. The van der Waals surface area contributed by atoms with Crippen molar-refractivity contribution in [2.45, 2.75) is 52.6 Å². The van der Waals surface area contributed by atoms with Gasteiger partial charge in [0.05, 0.1) is 12.7 Å². The van der Waals surface area contributed by atoms with Crippen molar-refractivity contribution in [3.8, 4) is 5.75 Å². The maximum atomic E-state index is 11.8. The predicted octanol–water partition coefficient (Wildman–Crippen LogP) is 4.97. The zero-order chi connectivity index (χ0) is 20.8. The van der Waals surface area contributed by atoms with E-state index in [1.807, 2.05) is 11.0 Å². The van der Waals surface area contributed by atoms with Crippen LogP contribution in [0.1, 0.15) is 45.6 Å². The fourth-order valence-electron chi connectivity index (χ4n) is 4.38. The number of rotatable bonds is 8. The molecule has 0 N–H and O–H groups in total. The number of hydrogen-bond acceptors (Lipinski definition) is 4. The van der Waals surface area contributed by atoms with Gasteiger partial charge in [0, 0.05) is 30.0 Å². The summed E-state index contributed by atoms with van der Waals surface area (Å²) in [5, 5.41) is 0. The molecule has 0 aromatic heterocycles. The maximum absolute atomic E-state index is 11.8. The van der Waals surface area contributed by atoms with Crippen molar-refractivity contribution in [1.82, 2.24) is 9.80 Å². The molecule has 0 spiro atoms. The van der Waals surface area contributed by atoms with Gasteiger partial charge in [-0.15, -0.1) is 0 Å². The van der Waals surface area contributed by atoms with Crippen LogP contribution in [0.15, 0.2) is 22.7 Å². The number of nitrogens with zero attached hydrogens (tertiary/aromatic N) is 2. The van der Waals surface area contributed by atoms with E-state index in [2.05, 4.69) is 53.7 Å². The maximum Gasteiger partial charge on any atom is 0.409 e. The largest absolute Gasteiger partial charge is 0.491 e. The van der Waals surface area contributed by atoms with E-state index >= 15 is 0 Å². The average molecular weight is 467 g/mol. The molecule has 1 amide bonds. The molecular formula is C23H35BrN2O3. The van der Waals surface area contributed by atoms with Gasteiger partial charge in [-0.3, -0.25) is 0 Å². The van der Waals surface area contributed by atoms with E-state index in [4.69, 9.17) is 9.47 Å². The molecule has 1 aromatic rings. The summed E-state index contributed by atoms with van der Waals surface area (Å²) < 4.78 is 12.4. The molecule has 6 heteroatoms. The summed E-state index contributed by atoms with van der Waals surface area (Å²) in [7, 11) is 0. The summed E-state index contributed by atoms with van der Waals surface area (Å²) in [5.41, 5.74) is 1.34. The quantitative estimate of drug-likeness (QED) is 0.542. The number of halogens is 1. The molecule has 2 aliphatic heterocycles. The van der Waals surface area contributed by atoms with E-state index in [0.29, 0.717) is 18.4 Å². The Balaban J connectivity index is 1.47. The first-order valence-corrected chi connectivity index (χ1v) is 11.8. The van der Waals surface area contributed by atoms with Gasteiger partial charge in [-0.1, -0.05) is 22.9 Å². The fourth-order valence-corrected chi connectivity index (χ4v) is 4.79. The molecule has 29 heavy (non-hydrogen) atoms. The summed E-state index contributed by atoms with van der Waals surface area (Å²) in [5.74, 6) is 2.09. The van der Waals surface area contributed by atoms with Crippen LogP contribution in [0.25, 0.3) is 0 Å². The third-order valence-electron chi connectivity index (χ3n) is 5.79. The third-order valence-corrected chi connectivity index (χ3v) is 6.57. The second-order valence-corrected chi connectivity index (χ2v) is 9.61. The van der Waals surface area contributed by atoms with Crippen LogP contribution in [-0.2, 0) is 11.2 Å². The van der Waals surface area contributed by atoms with E-state index < -0.39 is 0 Å². The first kappa shape index (κ1) is 22.4. The molecule has 2 fully saturated rings. The molecule has 2 aliphatic rings. The highest BCUT2D eigenvalue weighted by atomic mass is 79.9. The Labute approximate surface area is 183 Å². The van der Waals surface area contributed by atoms with Gasteiger partial charge in [-0.05, 0) is 82.3 Å². The second-order valence-electron chi connectivity index (χ2n) is 8.76. The van der Waals surface area contributed by atoms with Crippen LogP contribution < -0.4 is 4.74 Å². The Kier molecular flexibility index (Phi) is 8.25. The Morgan fingerprint density at radius 1 is 1.24 bits per heavy atom. The van der Waals surface area contributed by atoms with Gasteiger partial charge in [0.2, 0.25) is 0 Å². The Bertz CT molecular complexity index is 674. The van der Waals surface area contributed by atoms with E-state index in [0.717, 1.165) is 51.3 Å². The van der Waals surface area contributed by atoms with Gasteiger partial charge in [-0.25, -0.2) is 4.79 Å². The lowest BCUT2D eigenvalue weighted by Gasteiger charge is -2.37. The minimum atomic E-state index is -0.143. The van der Waals surface area contributed by atoms with Crippen molar-refractivity contribution in [2.75, 3.05) is 39.3 Å². The number of ether oxygens (including phenoxy) is 2. The molecule has 5 nitrogen and oxygen atoms in total. The second kappa shape index (κ2) is 10.7. The molecule has 1 aromatic carbocycles. The van der Waals surface area contributed by atoms with Gasteiger partial charge in [0.1, 0.15) is 5.75 Å². The standard InChI is InChI=1S/C23H35BrN2O3/c1-4-9-26-15-19(16-28-23(26)27)14-25-10-7-18(8-11-25)12-20-13-21(29-17(2)3)5-6-22(20)24/h5-6,13,17-19H,4,7-12,14-16H2,1-3H3. The molecule has 1 unspecified atom stereocenters. The van der Waals surface area contributed by atoms with Crippen LogP contribution in [0, 0.1) is 11.8 Å². The molecule has 0 bridgehead atoms. The average Bonchev–Trinajstić information content (AvgIpc) is 2.68. The number of benzene rings is 1. The van der Waals surface area contributed by atoms with Crippen molar-refractivity contribution in [3.63, 3.8) is 0 Å². The van der Waals surface area contributed by atoms with Crippen LogP contribution in [-0.4, -0.2) is 61.3 Å². The van der Waals surface area contributed by atoms with E-state index in [-0.39, 0.29) is 12.2 Å². The first-order chi connectivity index (χ1) is 13.9. The minimum Gasteiger partial charge on any atom is -0.491 e. The number of piperidine rings is 1. The normalized spacial score (nSPS) is 21.5. The fraction of sp³-hybridized carbons (Fsp3) is 0.696. The topological polar surface area (TPSA) is 42.0 Å². The van der Waals surface area contributed by atoms with Crippen molar-refractivity contribution < 1.29 is 14.3 Å². The van der Waals surface area contributed by atoms with Crippen molar-refractivity contribution >= 4 is 22.0 Å². The highest BCUT2D eigenvalue weighted by Crippen LogP contribution is 2.29. The van der Waals surface area contributed by atoms with Gasteiger partial charge >= 0.3 is 6.09 Å². The Morgan fingerprint density at radius 3 is 2.69 bits per heavy atom. The highest BCUT2D eigenvalue weighted by Gasteiger charge is 2.29. The lowest BCUT2D eigenvalue weighted by Crippen LogP contribution is -2.48. The Morgan fingerprint density at radius 2 is 2.00 bits per heavy atom. The Hall–Kier alpha value is -1.27. The molecule has 0 aliphatic carbocycles. The zero-order valence-electron chi connectivity index (χ0n) is 18.0. The molecule has 0 saturated carbocycles. The van der Waals surface area contributed by atoms with Gasteiger partial charge in [0.25, 0.3) is 0 Å². The van der Waals surface area contributed by atoms with Crippen LogP contribution in [0.4, 0.5) is 4.79 Å². The molecule has 3 rings (SSSR count). The molecule has 1 atom stereocenters. The molecule has 162 valence electrons. The van der Waals surface area contributed by atoms with Crippen molar-refractivity contribution in [3.05, 3.63) is 28.2 Å². The number of carbonyl (C=O) groups excluding carboxylic acids is 1. The third kappa shape index (κ3) is 6.61. The van der Waals surface area contributed by atoms with E-state index in [1.165, 1.54) is 22.9 Å². The van der Waals surface area contributed by atoms with Crippen molar-refractivity contribution in [1.29, 1.82) is 0 Å². The molecular weight excluding hydrogens is 432 g/mol. The van der Waals surface area contributed by atoms with Gasteiger partial charge in [-0.2, -0.15) is 0 Å². The molecule has 0 radical (unpaired) electrons. The number of cyclic esters (lactones) is 1. The minimum absolute atomic E-state index is 0.143. The SMILES string of the molecule is CCCN1CC(CN2CCC(Cc3cc(OC(C)C)ccc3Br)CC2)COC1=O. The number of carbonyl (C=O) groups is 1. The van der Waals surface area contributed by atoms with Crippen LogP contribution >= 0.6 is 15.9 Å². The van der Waals surface area contributed by atoms with Crippen LogP contribution in [0.5, 0.6) is 5.75 Å². The predicted molar refractivity (Wildman–Crippen MR) is 119 cm³/mol. The summed E-state index contributed by atoms with van der Waals surface area (Å²) in [6.07, 6.45) is 4.55. The van der Waals surface area contributed by atoms with Crippen LogP contribution in [0.2, 0.25) is 0 Å². The number of hydrogen-bond donors (Lipinski definition) is 0. The number of amides is 1. The molecule has 2 saturated heterocycles. The zero-order valence-corrected chi connectivity index (χ0v) is 19.6. The first-order valence-electron chi connectivity index (χ1n) is 11.0. The monoisotopic (exact) mass is 466 g/mol. The van der Waals surface area contributed by atoms with E-state index in [9.17, 15) is 4.79 Å². The summed E-state index contributed by atoms with van der Waals surface area (Å²) in [6.45, 7) is 11.7. The van der Waals surface area contributed by atoms with Gasteiger partial charge < -0.3 is 19.3 Å². The smallest absolute Gasteiger partial charge is 0.409 e. The number of likely N-dealkylation sites (tertiary alicyclic amines) is 1. The highest BCUT2D eigenvalue weighted by molar-refractivity contribution is 9.10. The van der Waals surface area contributed by atoms with Crippen molar-refractivity contribution in [2.24, 2.45) is 11.8 Å². The van der Waals surface area contributed by atoms with E-state index in [1.54, 1.807) is 0 Å². The lowest BCUT2D eigenvalue weighted by molar-refractivity contribution is 0.0269. The van der Waals surface area contributed by atoms with Crippen LogP contribution in [0.3, 0.4) is 0 Å².